The molecule has 8 heteroatoms. The number of sulfonamides is 1. The molecule has 2 aromatic rings. The number of rotatable bonds is 5. The molecule has 0 unspecified atom stereocenters. The second-order valence-corrected chi connectivity index (χ2v) is 8.21. The van der Waals surface area contributed by atoms with E-state index in [1.165, 1.54) is 14.8 Å². The molecule has 0 bridgehead atoms. The van der Waals surface area contributed by atoms with Gasteiger partial charge in [-0.2, -0.15) is 4.31 Å². The predicted octanol–water partition coefficient (Wildman–Crippen LogP) is 0.389. The molecule has 3 rings (SSSR count). The summed E-state index contributed by atoms with van der Waals surface area (Å²) < 4.78 is 37.5. The summed E-state index contributed by atoms with van der Waals surface area (Å²) in [6.07, 6.45) is 0. The van der Waals surface area contributed by atoms with Crippen molar-refractivity contribution in [2.75, 3.05) is 33.3 Å². The average Bonchev–Trinajstić information content (AvgIpc) is 2.95. The summed E-state index contributed by atoms with van der Waals surface area (Å²) in [4.78, 5) is 1.57. The SMILES string of the molecule is COc1cccc(C[NH+]2CCN(S(=O)(=O)c3c(C)noc3C)CC2)c1. The monoisotopic (exact) mass is 366 g/mol. The molecular formula is C17H24N3O4S+. The standard InChI is InChI=1S/C17H23N3O4S/c1-13-17(14(2)24-18-13)25(21,22)20-9-7-19(8-10-20)12-15-5-4-6-16(11-15)23-3/h4-6,11H,7-10,12H2,1-3H3/p+1. The number of benzene rings is 1. The van der Waals surface area contributed by atoms with E-state index in [-0.39, 0.29) is 4.90 Å². The van der Waals surface area contributed by atoms with Gasteiger partial charge in [0.25, 0.3) is 0 Å². The van der Waals surface area contributed by atoms with Crippen LogP contribution in [0.3, 0.4) is 0 Å². The van der Waals surface area contributed by atoms with Crippen molar-refractivity contribution in [2.24, 2.45) is 0 Å². The van der Waals surface area contributed by atoms with Gasteiger partial charge in [-0.05, 0) is 26.0 Å². The Morgan fingerprint density at radius 2 is 2.00 bits per heavy atom. The summed E-state index contributed by atoms with van der Waals surface area (Å²) in [6.45, 7) is 6.66. The molecule has 0 atom stereocenters. The van der Waals surface area contributed by atoms with Gasteiger partial charge in [0.15, 0.2) is 5.76 Å². The lowest BCUT2D eigenvalue weighted by molar-refractivity contribution is -0.917. The molecule has 1 aliphatic rings. The maximum atomic E-state index is 12.8. The molecule has 25 heavy (non-hydrogen) atoms. The number of ether oxygens (including phenoxy) is 1. The molecule has 0 radical (unpaired) electrons. The van der Waals surface area contributed by atoms with Crippen LogP contribution in [0.2, 0.25) is 0 Å². The molecule has 2 heterocycles. The van der Waals surface area contributed by atoms with Crippen LogP contribution >= 0.6 is 0 Å². The fraction of sp³-hybridized carbons (Fsp3) is 0.471. The highest BCUT2D eigenvalue weighted by molar-refractivity contribution is 7.89. The quantitative estimate of drug-likeness (QED) is 0.828. The van der Waals surface area contributed by atoms with E-state index in [4.69, 9.17) is 9.26 Å². The van der Waals surface area contributed by atoms with E-state index in [1.807, 2.05) is 18.2 Å². The minimum Gasteiger partial charge on any atom is -0.497 e. The van der Waals surface area contributed by atoms with Crippen LogP contribution in [0.15, 0.2) is 33.7 Å². The number of piperazine rings is 1. The van der Waals surface area contributed by atoms with Gasteiger partial charge in [-0.3, -0.25) is 0 Å². The molecule has 1 saturated heterocycles. The first-order valence-electron chi connectivity index (χ1n) is 8.31. The van der Waals surface area contributed by atoms with E-state index >= 15 is 0 Å². The fourth-order valence-electron chi connectivity index (χ4n) is 3.26. The smallest absolute Gasteiger partial charge is 0.248 e. The van der Waals surface area contributed by atoms with Crippen molar-refractivity contribution in [1.82, 2.24) is 9.46 Å². The first-order valence-corrected chi connectivity index (χ1v) is 9.75. The van der Waals surface area contributed by atoms with E-state index in [0.29, 0.717) is 24.5 Å². The summed E-state index contributed by atoms with van der Waals surface area (Å²) in [5, 5.41) is 3.77. The van der Waals surface area contributed by atoms with Crippen molar-refractivity contribution in [2.45, 2.75) is 25.3 Å². The number of aryl methyl sites for hydroxylation is 2. The zero-order valence-electron chi connectivity index (χ0n) is 14.8. The lowest BCUT2D eigenvalue weighted by Gasteiger charge is -2.31. The predicted molar refractivity (Wildman–Crippen MR) is 92.1 cm³/mol. The number of hydrogen-bond acceptors (Lipinski definition) is 5. The van der Waals surface area contributed by atoms with Crippen LogP contribution in [0.5, 0.6) is 5.75 Å². The Labute approximate surface area is 148 Å². The molecule has 1 aromatic heterocycles. The van der Waals surface area contributed by atoms with Crippen LogP contribution in [-0.2, 0) is 16.6 Å². The zero-order chi connectivity index (χ0) is 18.0. The molecule has 1 fully saturated rings. The van der Waals surface area contributed by atoms with Crippen molar-refractivity contribution in [3.05, 3.63) is 41.3 Å². The Hall–Kier alpha value is -1.90. The first-order chi connectivity index (χ1) is 11.9. The highest BCUT2D eigenvalue weighted by Crippen LogP contribution is 2.23. The second-order valence-electron chi connectivity index (χ2n) is 6.34. The molecule has 1 N–H and O–H groups in total. The largest absolute Gasteiger partial charge is 0.497 e. The molecule has 1 aromatic carbocycles. The Balaban J connectivity index is 1.65. The number of hydrogen-bond donors (Lipinski definition) is 1. The molecular weight excluding hydrogens is 342 g/mol. The third kappa shape index (κ3) is 3.70. The number of nitrogens with one attached hydrogen (secondary N) is 1. The third-order valence-corrected chi connectivity index (χ3v) is 6.73. The van der Waals surface area contributed by atoms with Crippen molar-refractivity contribution >= 4 is 10.0 Å². The normalized spacial score (nSPS) is 16.9. The molecule has 136 valence electrons. The molecule has 7 nitrogen and oxygen atoms in total. The van der Waals surface area contributed by atoms with Crippen LogP contribution in [0.1, 0.15) is 17.0 Å². The van der Waals surface area contributed by atoms with Crippen molar-refractivity contribution < 1.29 is 22.6 Å². The Kier molecular flexibility index (Phi) is 5.12. The summed E-state index contributed by atoms with van der Waals surface area (Å²) in [6, 6.07) is 8.00. The zero-order valence-corrected chi connectivity index (χ0v) is 15.6. The highest BCUT2D eigenvalue weighted by Gasteiger charge is 2.34. The molecule has 0 saturated carbocycles. The third-order valence-electron chi connectivity index (χ3n) is 4.58. The topological polar surface area (TPSA) is 77.1 Å². The van der Waals surface area contributed by atoms with Crippen molar-refractivity contribution in [1.29, 1.82) is 0 Å². The Morgan fingerprint density at radius 3 is 2.60 bits per heavy atom. The number of nitrogens with zero attached hydrogens (tertiary/aromatic N) is 2. The summed E-state index contributed by atoms with van der Waals surface area (Å²) >= 11 is 0. The van der Waals surface area contributed by atoms with Crippen LogP contribution in [-0.4, -0.2) is 51.2 Å². The molecule has 1 aliphatic heterocycles. The van der Waals surface area contributed by atoms with Gasteiger partial charge in [0, 0.05) is 5.56 Å². The van der Waals surface area contributed by atoms with Gasteiger partial charge in [-0.25, -0.2) is 8.42 Å². The average molecular weight is 366 g/mol. The minimum absolute atomic E-state index is 0.212. The minimum atomic E-state index is -3.54. The van der Waals surface area contributed by atoms with Gasteiger partial charge >= 0.3 is 0 Å². The maximum absolute atomic E-state index is 12.8. The highest BCUT2D eigenvalue weighted by atomic mass is 32.2. The van der Waals surface area contributed by atoms with E-state index in [1.54, 1.807) is 21.0 Å². The van der Waals surface area contributed by atoms with E-state index in [2.05, 4.69) is 11.2 Å². The Morgan fingerprint density at radius 1 is 1.28 bits per heavy atom. The number of aromatic nitrogens is 1. The van der Waals surface area contributed by atoms with Crippen molar-refractivity contribution in [3.63, 3.8) is 0 Å². The first kappa shape index (κ1) is 17.9. The van der Waals surface area contributed by atoms with Crippen LogP contribution in [0.25, 0.3) is 0 Å². The van der Waals surface area contributed by atoms with E-state index < -0.39 is 10.0 Å². The van der Waals surface area contributed by atoms with Crippen molar-refractivity contribution in [3.8, 4) is 5.75 Å². The lowest BCUT2D eigenvalue weighted by Crippen LogP contribution is -3.13. The number of methoxy groups -OCH3 is 1. The molecule has 0 aliphatic carbocycles. The van der Waals surface area contributed by atoms with Gasteiger partial charge in [-0.15, -0.1) is 0 Å². The Bertz CT molecular complexity index is 820. The second kappa shape index (κ2) is 7.15. The van der Waals surface area contributed by atoms with Gasteiger partial charge in [0.1, 0.15) is 22.9 Å². The maximum Gasteiger partial charge on any atom is 0.248 e. The summed E-state index contributed by atoms with van der Waals surface area (Å²) in [5.41, 5.74) is 1.61. The van der Waals surface area contributed by atoms with Gasteiger partial charge in [0.05, 0.1) is 33.3 Å². The van der Waals surface area contributed by atoms with Crippen LogP contribution < -0.4 is 9.64 Å². The summed E-state index contributed by atoms with van der Waals surface area (Å²) in [5.74, 6) is 1.19. The van der Waals surface area contributed by atoms with Gasteiger partial charge < -0.3 is 14.2 Å². The number of quaternary nitrogens is 1. The van der Waals surface area contributed by atoms with Crippen LogP contribution in [0.4, 0.5) is 0 Å². The van der Waals surface area contributed by atoms with Crippen LogP contribution in [0, 0.1) is 13.8 Å². The van der Waals surface area contributed by atoms with E-state index in [0.717, 1.165) is 25.4 Å². The summed E-state index contributed by atoms with van der Waals surface area (Å²) in [7, 11) is -1.89. The fourth-order valence-corrected chi connectivity index (χ4v) is 5.00. The lowest BCUT2D eigenvalue weighted by atomic mass is 10.2. The van der Waals surface area contributed by atoms with E-state index in [9.17, 15) is 8.42 Å². The van der Waals surface area contributed by atoms with Gasteiger partial charge in [0.2, 0.25) is 10.0 Å². The molecule has 0 spiro atoms. The van der Waals surface area contributed by atoms with Gasteiger partial charge in [-0.1, -0.05) is 17.3 Å². The molecule has 0 amide bonds.